The number of amides is 2. The maximum Gasteiger partial charge on any atom is 0.242 e. The van der Waals surface area contributed by atoms with Crippen molar-refractivity contribution < 1.29 is 23.6 Å². The van der Waals surface area contributed by atoms with Gasteiger partial charge >= 0.3 is 0 Å². The number of benzene rings is 1. The van der Waals surface area contributed by atoms with Gasteiger partial charge in [-0.25, -0.2) is 0 Å². The van der Waals surface area contributed by atoms with E-state index in [-0.39, 0.29) is 25.2 Å². The van der Waals surface area contributed by atoms with Gasteiger partial charge in [0, 0.05) is 18.1 Å². The van der Waals surface area contributed by atoms with Crippen molar-refractivity contribution in [1.82, 2.24) is 15.8 Å². The highest BCUT2D eigenvalue weighted by molar-refractivity contribution is 5.90. The van der Waals surface area contributed by atoms with Gasteiger partial charge in [-0.2, -0.15) is 0 Å². The number of nitrogens with zero attached hydrogens (tertiary/aromatic N) is 1. The van der Waals surface area contributed by atoms with Gasteiger partial charge in [0.1, 0.15) is 11.7 Å². The molecule has 1 aromatic carbocycles. The summed E-state index contributed by atoms with van der Waals surface area (Å²) in [6.07, 6.45) is 0.905. The fraction of sp³-hybridized carbons (Fsp3) is 0.312. The van der Waals surface area contributed by atoms with Gasteiger partial charge in [-0.05, 0) is 24.6 Å². The van der Waals surface area contributed by atoms with Crippen molar-refractivity contribution in [3.05, 3.63) is 30.0 Å². The lowest BCUT2D eigenvalue weighted by atomic mass is 10.1. The number of aromatic nitrogens is 1. The molecular formula is C16H15N3O5. The molecule has 4 rings (SSSR count). The maximum atomic E-state index is 12.0. The van der Waals surface area contributed by atoms with E-state index in [1.54, 1.807) is 6.07 Å². The van der Waals surface area contributed by atoms with E-state index >= 15 is 0 Å². The van der Waals surface area contributed by atoms with Gasteiger partial charge in [-0.3, -0.25) is 9.59 Å². The average molecular weight is 329 g/mol. The highest BCUT2D eigenvalue weighted by atomic mass is 16.7. The van der Waals surface area contributed by atoms with Crippen molar-refractivity contribution in [3.63, 3.8) is 0 Å². The maximum absolute atomic E-state index is 12.0. The largest absolute Gasteiger partial charge is 0.454 e. The molecule has 1 aromatic heterocycles. The highest BCUT2D eigenvalue weighted by Crippen LogP contribution is 2.35. The highest BCUT2D eigenvalue weighted by Gasteiger charge is 2.27. The first kappa shape index (κ1) is 14.6. The topological polar surface area (TPSA) is 103 Å². The van der Waals surface area contributed by atoms with Crippen molar-refractivity contribution >= 4 is 11.8 Å². The van der Waals surface area contributed by atoms with Crippen molar-refractivity contribution in [3.8, 4) is 22.8 Å². The molecule has 0 bridgehead atoms. The van der Waals surface area contributed by atoms with Crippen LogP contribution >= 0.6 is 0 Å². The molecule has 0 aliphatic carbocycles. The molecule has 124 valence electrons. The summed E-state index contributed by atoms with van der Waals surface area (Å²) in [5.74, 6) is 1.63. The van der Waals surface area contributed by atoms with Gasteiger partial charge in [0.05, 0.1) is 6.54 Å². The lowest BCUT2D eigenvalue weighted by Crippen LogP contribution is -2.41. The molecule has 0 saturated carbocycles. The van der Waals surface area contributed by atoms with Crippen LogP contribution in [0.15, 0.2) is 28.8 Å². The third kappa shape index (κ3) is 2.78. The molecule has 3 heterocycles. The quantitative estimate of drug-likeness (QED) is 0.866. The minimum atomic E-state index is -0.460. The van der Waals surface area contributed by atoms with E-state index in [0.29, 0.717) is 35.8 Å². The van der Waals surface area contributed by atoms with E-state index in [1.165, 1.54) is 0 Å². The molecule has 2 aromatic rings. The Hall–Kier alpha value is -3.03. The van der Waals surface area contributed by atoms with Gasteiger partial charge in [-0.1, -0.05) is 5.16 Å². The van der Waals surface area contributed by atoms with Gasteiger partial charge in [-0.15, -0.1) is 0 Å². The van der Waals surface area contributed by atoms with Crippen LogP contribution in [0, 0.1) is 0 Å². The molecule has 1 atom stereocenters. The Labute approximate surface area is 137 Å². The molecule has 1 fully saturated rings. The summed E-state index contributed by atoms with van der Waals surface area (Å²) in [5, 5.41) is 9.32. The third-order valence-electron chi connectivity index (χ3n) is 3.97. The van der Waals surface area contributed by atoms with Crippen LogP contribution in [0.1, 0.15) is 18.5 Å². The van der Waals surface area contributed by atoms with Crippen molar-refractivity contribution in [1.29, 1.82) is 0 Å². The van der Waals surface area contributed by atoms with Crippen LogP contribution in [0.25, 0.3) is 11.3 Å². The number of hydrogen-bond donors (Lipinski definition) is 2. The molecule has 8 nitrogen and oxygen atoms in total. The van der Waals surface area contributed by atoms with Gasteiger partial charge in [0.15, 0.2) is 17.3 Å². The van der Waals surface area contributed by atoms with Gasteiger partial charge < -0.3 is 24.6 Å². The lowest BCUT2D eigenvalue weighted by molar-refractivity contribution is -0.125. The Morgan fingerprint density at radius 1 is 1.29 bits per heavy atom. The Balaban J connectivity index is 1.40. The van der Waals surface area contributed by atoms with Crippen LogP contribution in [-0.2, 0) is 16.1 Å². The number of rotatable bonds is 4. The number of fused-ring (bicyclic) bond motifs is 1. The standard InChI is InChI=1S/C16H15N3O5/c20-15-4-2-11(18-15)16(21)17-7-10-6-13(24-19-10)9-1-3-12-14(5-9)23-8-22-12/h1,3,5-6,11H,2,4,7-8H2,(H,17,21)(H,18,20)/t11-/m0/s1. The molecule has 24 heavy (non-hydrogen) atoms. The first-order chi connectivity index (χ1) is 11.7. The summed E-state index contributed by atoms with van der Waals surface area (Å²) in [6, 6.07) is 6.77. The fourth-order valence-electron chi connectivity index (χ4n) is 2.69. The number of ether oxygens (including phenoxy) is 2. The van der Waals surface area contributed by atoms with Crippen LogP contribution in [0.3, 0.4) is 0 Å². The van der Waals surface area contributed by atoms with Crippen LogP contribution in [0.4, 0.5) is 0 Å². The number of carbonyl (C=O) groups excluding carboxylic acids is 2. The molecule has 0 unspecified atom stereocenters. The van der Waals surface area contributed by atoms with Crippen LogP contribution in [0.5, 0.6) is 11.5 Å². The van der Waals surface area contributed by atoms with Gasteiger partial charge in [0.25, 0.3) is 0 Å². The van der Waals surface area contributed by atoms with Crippen LogP contribution in [0.2, 0.25) is 0 Å². The minimum Gasteiger partial charge on any atom is -0.454 e. The SMILES string of the molecule is O=C1CC[C@@H](C(=O)NCc2cc(-c3ccc4c(c3)OCO4)on2)N1. The van der Waals surface area contributed by atoms with Crippen molar-refractivity contribution in [2.45, 2.75) is 25.4 Å². The number of carbonyl (C=O) groups is 2. The monoisotopic (exact) mass is 329 g/mol. The molecule has 8 heteroatoms. The summed E-state index contributed by atoms with van der Waals surface area (Å²) in [7, 11) is 0. The Kier molecular flexibility index (Phi) is 3.56. The molecule has 1 saturated heterocycles. The number of nitrogens with one attached hydrogen (secondary N) is 2. The Morgan fingerprint density at radius 2 is 2.17 bits per heavy atom. The molecular weight excluding hydrogens is 314 g/mol. The molecule has 2 aliphatic rings. The number of hydrogen-bond acceptors (Lipinski definition) is 6. The fourth-order valence-corrected chi connectivity index (χ4v) is 2.69. The molecule has 0 spiro atoms. The predicted octanol–water partition coefficient (Wildman–Crippen LogP) is 0.965. The van der Waals surface area contributed by atoms with E-state index in [9.17, 15) is 9.59 Å². The second kappa shape index (κ2) is 5.88. The zero-order chi connectivity index (χ0) is 16.5. The Morgan fingerprint density at radius 3 is 3.00 bits per heavy atom. The minimum absolute atomic E-state index is 0.0957. The second-order valence-corrected chi connectivity index (χ2v) is 5.63. The van der Waals surface area contributed by atoms with Crippen LogP contribution in [-0.4, -0.2) is 29.8 Å². The molecule has 2 amide bonds. The Bertz CT molecular complexity index is 801. The average Bonchev–Trinajstić information content (AvgIpc) is 3.32. The summed E-state index contributed by atoms with van der Waals surface area (Å²) in [6.45, 7) is 0.448. The zero-order valence-corrected chi connectivity index (χ0v) is 12.7. The summed E-state index contributed by atoms with van der Waals surface area (Å²) < 4.78 is 15.9. The summed E-state index contributed by atoms with van der Waals surface area (Å²) >= 11 is 0. The predicted molar refractivity (Wildman–Crippen MR) is 81.1 cm³/mol. The van der Waals surface area contributed by atoms with E-state index in [2.05, 4.69) is 15.8 Å². The van der Waals surface area contributed by atoms with E-state index in [4.69, 9.17) is 14.0 Å². The normalized spacial score (nSPS) is 18.5. The third-order valence-corrected chi connectivity index (χ3v) is 3.97. The first-order valence-corrected chi connectivity index (χ1v) is 7.62. The molecule has 0 radical (unpaired) electrons. The smallest absolute Gasteiger partial charge is 0.242 e. The first-order valence-electron chi connectivity index (χ1n) is 7.62. The second-order valence-electron chi connectivity index (χ2n) is 5.63. The molecule has 2 N–H and O–H groups in total. The lowest BCUT2D eigenvalue weighted by Gasteiger charge is -2.09. The van der Waals surface area contributed by atoms with Crippen molar-refractivity contribution in [2.75, 3.05) is 6.79 Å². The van der Waals surface area contributed by atoms with E-state index in [1.807, 2.05) is 18.2 Å². The van der Waals surface area contributed by atoms with E-state index < -0.39 is 6.04 Å². The van der Waals surface area contributed by atoms with Gasteiger partial charge in [0.2, 0.25) is 18.6 Å². The summed E-state index contributed by atoms with van der Waals surface area (Å²) in [5.41, 5.74) is 1.41. The van der Waals surface area contributed by atoms with E-state index in [0.717, 1.165) is 5.56 Å². The summed E-state index contributed by atoms with van der Waals surface area (Å²) in [4.78, 5) is 23.1. The molecule has 2 aliphatic heterocycles. The van der Waals surface area contributed by atoms with Crippen LogP contribution < -0.4 is 20.1 Å². The van der Waals surface area contributed by atoms with Crippen molar-refractivity contribution in [2.24, 2.45) is 0 Å². The zero-order valence-electron chi connectivity index (χ0n) is 12.7.